The maximum absolute atomic E-state index is 14.7. The van der Waals surface area contributed by atoms with Crippen LogP contribution in [0.15, 0.2) is 159 Å². The fourth-order valence-corrected chi connectivity index (χ4v) is 6.81. The summed E-state index contributed by atoms with van der Waals surface area (Å²) in [6.07, 6.45) is 4.20. The number of aliphatic hydroxyl groups is 1. The Labute approximate surface area is 300 Å². The third-order valence-corrected chi connectivity index (χ3v) is 9.78. The Kier molecular flexibility index (Phi) is 11.6. The SMILES string of the molecule is O=C(NCc1ccccc1Sc1ccccc1)[C@]1(C/C=C/c2ccccc2)N=C(c2ccc(OCCCO)cc2)O[C@@H]1c1ccc(Br)cc1. The number of nitrogens with zero attached hydrogens (tertiary/aromatic N) is 1. The number of carbonyl (C=O) groups excluding carboxylic acids is 1. The van der Waals surface area contributed by atoms with Crippen LogP contribution in [0.3, 0.4) is 0 Å². The molecule has 5 aromatic carbocycles. The van der Waals surface area contributed by atoms with Gasteiger partial charge in [-0.05, 0) is 71.3 Å². The Morgan fingerprint density at radius 3 is 2.33 bits per heavy atom. The van der Waals surface area contributed by atoms with E-state index < -0.39 is 11.6 Å². The zero-order chi connectivity index (χ0) is 33.9. The lowest BCUT2D eigenvalue weighted by Gasteiger charge is -2.30. The third kappa shape index (κ3) is 8.70. The van der Waals surface area contributed by atoms with Crippen molar-refractivity contribution in [1.29, 1.82) is 0 Å². The number of ether oxygens (including phenoxy) is 2. The van der Waals surface area contributed by atoms with Crippen molar-refractivity contribution in [3.05, 3.63) is 166 Å². The first-order valence-corrected chi connectivity index (χ1v) is 17.8. The minimum absolute atomic E-state index is 0.0699. The van der Waals surface area contributed by atoms with Crippen LogP contribution in [0.4, 0.5) is 0 Å². The first kappa shape index (κ1) is 34.2. The number of amides is 1. The van der Waals surface area contributed by atoms with Crippen molar-refractivity contribution in [3.8, 4) is 5.75 Å². The maximum Gasteiger partial charge on any atom is 0.252 e. The van der Waals surface area contributed by atoms with Crippen LogP contribution in [0.1, 0.15) is 41.2 Å². The molecule has 0 fully saturated rings. The van der Waals surface area contributed by atoms with E-state index in [4.69, 9.17) is 19.6 Å². The number of aliphatic hydroxyl groups excluding tert-OH is 1. The predicted molar refractivity (Wildman–Crippen MR) is 200 cm³/mol. The zero-order valence-corrected chi connectivity index (χ0v) is 29.3. The second kappa shape index (κ2) is 16.7. The normalized spacial score (nSPS) is 17.0. The van der Waals surface area contributed by atoms with E-state index in [-0.39, 0.29) is 12.5 Å². The van der Waals surface area contributed by atoms with Gasteiger partial charge in [0, 0.05) is 45.8 Å². The maximum atomic E-state index is 14.7. The Morgan fingerprint density at radius 1 is 0.898 bits per heavy atom. The van der Waals surface area contributed by atoms with Gasteiger partial charge in [0.1, 0.15) is 5.75 Å². The van der Waals surface area contributed by atoms with E-state index in [1.807, 2.05) is 127 Å². The van der Waals surface area contributed by atoms with Crippen molar-refractivity contribution in [2.45, 2.75) is 40.8 Å². The molecule has 1 amide bonds. The van der Waals surface area contributed by atoms with E-state index in [9.17, 15) is 4.79 Å². The molecule has 1 heterocycles. The molecule has 0 aliphatic carbocycles. The van der Waals surface area contributed by atoms with Crippen LogP contribution in [-0.2, 0) is 16.1 Å². The molecule has 0 radical (unpaired) electrons. The minimum atomic E-state index is -1.30. The summed E-state index contributed by atoms with van der Waals surface area (Å²) in [5, 5.41) is 12.4. The summed E-state index contributed by atoms with van der Waals surface area (Å²) in [5.74, 6) is 0.844. The largest absolute Gasteiger partial charge is 0.494 e. The molecule has 0 aromatic heterocycles. The monoisotopic (exact) mass is 732 g/mol. The fourth-order valence-electron chi connectivity index (χ4n) is 5.59. The highest BCUT2D eigenvalue weighted by Crippen LogP contribution is 2.43. The van der Waals surface area contributed by atoms with E-state index in [0.29, 0.717) is 37.6 Å². The summed E-state index contributed by atoms with van der Waals surface area (Å²) in [6, 6.07) is 43.7. The van der Waals surface area contributed by atoms with Crippen LogP contribution in [0.5, 0.6) is 5.75 Å². The van der Waals surface area contributed by atoms with E-state index in [1.54, 1.807) is 11.8 Å². The summed E-state index contributed by atoms with van der Waals surface area (Å²) < 4.78 is 13.3. The Bertz CT molecular complexity index is 1880. The van der Waals surface area contributed by atoms with Crippen molar-refractivity contribution >= 4 is 45.6 Å². The molecule has 1 aliphatic heterocycles. The number of hydrogen-bond acceptors (Lipinski definition) is 6. The molecular weight excluding hydrogens is 696 g/mol. The Morgan fingerprint density at radius 2 is 1.59 bits per heavy atom. The summed E-state index contributed by atoms with van der Waals surface area (Å²) in [6.45, 7) is 0.820. The van der Waals surface area contributed by atoms with Gasteiger partial charge >= 0.3 is 0 Å². The highest BCUT2D eigenvalue weighted by Gasteiger charge is 2.52. The van der Waals surface area contributed by atoms with Gasteiger partial charge in [-0.3, -0.25) is 4.79 Å². The molecule has 2 atom stereocenters. The van der Waals surface area contributed by atoms with Crippen molar-refractivity contribution in [2.24, 2.45) is 4.99 Å². The number of hydrogen-bond donors (Lipinski definition) is 2. The topological polar surface area (TPSA) is 80.2 Å². The Balaban J connectivity index is 1.35. The number of aliphatic imine (C=N–C) groups is 1. The lowest BCUT2D eigenvalue weighted by atomic mass is 9.84. The van der Waals surface area contributed by atoms with Crippen LogP contribution in [0.25, 0.3) is 6.08 Å². The first-order valence-electron chi connectivity index (χ1n) is 16.2. The predicted octanol–water partition coefficient (Wildman–Crippen LogP) is 9.04. The molecule has 0 saturated heterocycles. The summed E-state index contributed by atoms with van der Waals surface area (Å²) >= 11 is 5.22. The molecule has 0 unspecified atom stereocenters. The van der Waals surface area contributed by atoms with E-state index in [2.05, 4.69) is 39.4 Å². The third-order valence-electron chi connectivity index (χ3n) is 8.12. The highest BCUT2D eigenvalue weighted by molar-refractivity contribution is 9.10. The summed E-state index contributed by atoms with van der Waals surface area (Å²) in [4.78, 5) is 22.0. The molecule has 0 bridgehead atoms. The lowest BCUT2D eigenvalue weighted by molar-refractivity contribution is -0.129. The van der Waals surface area contributed by atoms with Gasteiger partial charge in [0.05, 0.1) is 6.61 Å². The molecular formula is C41H37BrN2O4S. The van der Waals surface area contributed by atoms with Crippen LogP contribution in [0.2, 0.25) is 0 Å². The van der Waals surface area contributed by atoms with E-state index in [0.717, 1.165) is 36.5 Å². The second-order valence-corrected chi connectivity index (χ2v) is 13.6. The molecule has 2 N–H and O–H groups in total. The van der Waals surface area contributed by atoms with Crippen molar-refractivity contribution < 1.29 is 19.4 Å². The van der Waals surface area contributed by atoms with Gasteiger partial charge in [0.15, 0.2) is 11.6 Å². The molecule has 6 nitrogen and oxygen atoms in total. The van der Waals surface area contributed by atoms with Gasteiger partial charge in [-0.25, -0.2) is 4.99 Å². The molecule has 6 rings (SSSR count). The first-order chi connectivity index (χ1) is 24.0. The minimum Gasteiger partial charge on any atom is -0.494 e. The molecule has 5 aromatic rings. The van der Waals surface area contributed by atoms with Gasteiger partial charge in [-0.2, -0.15) is 0 Å². The summed E-state index contributed by atoms with van der Waals surface area (Å²) in [5.41, 5.74) is 2.33. The van der Waals surface area contributed by atoms with Gasteiger partial charge < -0.3 is 19.9 Å². The second-order valence-electron chi connectivity index (χ2n) is 11.6. The zero-order valence-electron chi connectivity index (χ0n) is 26.9. The number of rotatable bonds is 14. The molecule has 8 heteroatoms. The van der Waals surface area contributed by atoms with Crippen LogP contribution in [0, 0.1) is 0 Å². The Hall–Kier alpha value is -4.63. The number of nitrogens with one attached hydrogen (secondary N) is 1. The molecule has 49 heavy (non-hydrogen) atoms. The van der Waals surface area contributed by atoms with Gasteiger partial charge in [0.2, 0.25) is 5.90 Å². The molecule has 248 valence electrons. The average molecular weight is 734 g/mol. The fraction of sp³-hybridized carbons (Fsp3) is 0.171. The number of carbonyl (C=O) groups is 1. The number of benzene rings is 5. The number of halogens is 1. The smallest absolute Gasteiger partial charge is 0.252 e. The molecule has 0 spiro atoms. The van der Waals surface area contributed by atoms with Crippen LogP contribution < -0.4 is 10.1 Å². The van der Waals surface area contributed by atoms with Gasteiger partial charge in [-0.15, -0.1) is 0 Å². The molecule has 0 saturated carbocycles. The standard InChI is InChI=1S/C41H37BrN2O4S/c42-34-22-18-31(19-23-34)38-41(26-9-13-30-11-3-1-4-12-30,44-39(48-38)32-20-24-35(25-21-32)47-28-10-27-45)40(46)43-29-33-14-7-8-17-37(33)49-36-15-5-2-6-16-36/h1-9,11-25,38,45H,10,26-29H2,(H,43,46)/b13-9+/t38-,41-/m1/s1. The van der Waals surface area contributed by atoms with E-state index in [1.165, 1.54) is 0 Å². The molecule has 1 aliphatic rings. The van der Waals surface area contributed by atoms with Crippen molar-refractivity contribution in [1.82, 2.24) is 5.32 Å². The van der Waals surface area contributed by atoms with Gasteiger partial charge in [0.25, 0.3) is 5.91 Å². The van der Waals surface area contributed by atoms with Crippen molar-refractivity contribution in [2.75, 3.05) is 13.2 Å². The highest BCUT2D eigenvalue weighted by atomic mass is 79.9. The van der Waals surface area contributed by atoms with E-state index >= 15 is 0 Å². The average Bonchev–Trinajstić information content (AvgIpc) is 3.53. The quantitative estimate of drug-likeness (QED) is 0.111. The van der Waals surface area contributed by atoms with Gasteiger partial charge in [-0.1, -0.05) is 119 Å². The van der Waals surface area contributed by atoms with Crippen LogP contribution in [-0.4, -0.2) is 35.7 Å². The van der Waals surface area contributed by atoms with Crippen LogP contribution >= 0.6 is 27.7 Å². The lowest BCUT2D eigenvalue weighted by Crippen LogP contribution is -2.47. The summed E-state index contributed by atoms with van der Waals surface area (Å²) in [7, 11) is 0. The van der Waals surface area contributed by atoms with Crippen molar-refractivity contribution in [3.63, 3.8) is 0 Å².